The van der Waals surface area contributed by atoms with Crippen molar-refractivity contribution in [3.63, 3.8) is 0 Å². The van der Waals surface area contributed by atoms with E-state index in [2.05, 4.69) is 37.5 Å². The molecule has 4 aromatic carbocycles. The minimum atomic E-state index is -1.26. The van der Waals surface area contributed by atoms with Gasteiger partial charge in [-0.25, -0.2) is 19.6 Å². The number of carboxylic acids is 1. The molecule has 5 aromatic heterocycles. The van der Waals surface area contributed by atoms with Crippen LogP contribution in [0.5, 0.6) is 0 Å². The fourth-order valence-electron chi connectivity index (χ4n) is 10.6. The molecule has 0 saturated heterocycles. The topological polar surface area (TPSA) is 222 Å². The second-order valence-corrected chi connectivity index (χ2v) is 17.5. The molecule has 10 N–H and O–H groups in total. The Kier molecular flexibility index (Phi) is 10.0. The van der Waals surface area contributed by atoms with Gasteiger partial charge < -0.3 is 46.2 Å². The van der Waals surface area contributed by atoms with Gasteiger partial charge in [0.2, 0.25) is 0 Å². The van der Waals surface area contributed by atoms with E-state index in [1.54, 1.807) is 48.1 Å². The lowest BCUT2D eigenvalue weighted by molar-refractivity contribution is 0.0687. The molecule has 14 nitrogen and oxygen atoms in total. The fraction of sp³-hybridized carbons (Fsp3) is 0.192. The summed E-state index contributed by atoms with van der Waals surface area (Å²) in [6.45, 7) is -0.113. The molecule has 2 aliphatic rings. The smallest absolute Gasteiger partial charge is 0.353 e. The molecular weight excluding hydrogens is 850 g/mol. The van der Waals surface area contributed by atoms with Gasteiger partial charge >= 0.3 is 5.97 Å². The van der Waals surface area contributed by atoms with E-state index in [9.17, 15) is 24.6 Å². The number of aliphatic hydroxyl groups excluding tert-OH is 1. The third-order valence-electron chi connectivity index (χ3n) is 13.6. The summed E-state index contributed by atoms with van der Waals surface area (Å²) in [5.74, 6) is -1.57. The number of pyridine rings is 3. The molecule has 0 spiro atoms. The van der Waals surface area contributed by atoms with Crippen LogP contribution >= 0.6 is 0 Å². The standard InChI is InChI=1S/C52H46FN9O5/c1-56-60-42-18-32(38(53)22-39(42)54)24-62-44-20-29-8-3-6-27(29)16-37(44)48(49(62)52(66)67)35-12-13-40(59-51(35)65)30-10-11-33-31(21-46(55)58-41(33)17-30)23-61-43-19-28-7-2-5-26(28)15-36(43)47(45(61)25-63)34-9-4-14-57-50(34)64/h4,9-22,56,60,63H,2-3,5-8,23-25,54H2,1H3,(H2,55,58)(H,57,64)(H,59,65)(H,66,67). The highest BCUT2D eigenvalue weighted by molar-refractivity contribution is 6.09. The van der Waals surface area contributed by atoms with Gasteiger partial charge in [0.05, 0.1) is 41.3 Å². The van der Waals surface area contributed by atoms with Crippen LogP contribution < -0.4 is 33.4 Å². The van der Waals surface area contributed by atoms with Gasteiger partial charge in [0.1, 0.15) is 17.3 Å². The Morgan fingerprint density at radius 1 is 0.776 bits per heavy atom. The second-order valence-electron chi connectivity index (χ2n) is 17.5. The van der Waals surface area contributed by atoms with E-state index in [1.165, 1.54) is 17.2 Å². The van der Waals surface area contributed by atoms with E-state index < -0.39 is 17.3 Å². The van der Waals surface area contributed by atoms with Crippen LogP contribution in [0.3, 0.4) is 0 Å². The molecule has 67 heavy (non-hydrogen) atoms. The van der Waals surface area contributed by atoms with E-state index in [0.717, 1.165) is 71.5 Å². The minimum absolute atomic E-state index is 0.134. The van der Waals surface area contributed by atoms with Gasteiger partial charge in [0, 0.05) is 80.5 Å². The molecule has 0 fully saturated rings. The van der Waals surface area contributed by atoms with E-state index in [-0.39, 0.29) is 52.6 Å². The highest BCUT2D eigenvalue weighted by atomic mass is 19.1. The molecule has 5 heterocycles. The minimum Gasteiger partial charge on any atom is -0.477 e. The number of fused-ring (bicyclic) bond motifs is 5. The molecule has 336 valence electrons. The summed E-state index contributed by atoms with van der Waals surface area (Å²) in [4.78, 5) is 51.4. The summed E-state index contributed by atoms with van der Waals surface area (Å²) in [7, 11) is 1.65. The quantitative estimate of drug-likeness (QED) is 0.0468. The van der Waals surface area contributed by atoms with Crippen LogP contribution in [0.4, 0.5) is 21.6 Å². The monoisotopic (exact) mass is 895 g/mol. The molecule has 0 aliphatic heterocycles. The van der Waals surface area contributed by atoms with Gasteiger partial charge in [0.15, 0.2) is 0 Å². The SMILES string of the molecule is CNNc1cc(Cn2c(C(=O)O)c(-c3ccc(-c4ccc5c(Cn6c(CO)c(-c7ccc[nH]c7=O)c7cc8c(cc76)CCC8)cc(N)nc5c4)[nH]c3=O)c3cc4c(cc32)CCC4)c(F)cc1N. The van der Waals surface area contributed by atoms with Gasteiger partial charge in [-0.3, -0.25) is 9.59 Å². The first-order chi connectivity index (χ1) is 32.5. The summed E-state index contributed by atoms with van der Waals surface area (Å²) in [5, 5.41) is 24.1. The van der Waals surface area contributed by atoms with E-state index in [1.807, 2.05) is 36.4 Å². The van der Waals surface area contributed by atoms with Crippen LogP contribution in [-0.4, -0.2) is 47.3 Å². The number of H-pyrrole nitrogens is 2. The van der Waals surface area contributed by atoms with Gasteiger partial charge in [-0.15, -0.1) is 0 Å². The van der Waals surface area contributed by atoms with Crippen molar-refractivity contribution < 1.29 is 19.4 Å². The first-order valence-corrected chi connectivity index (χ1v) is 22.3. The highest BCUT2D eigenvalue weighted by Gasteiger charge is 2.29. The zero-order chi connectivity index (χ0) is 46.2. The number of rotatable bonds is 11. The Balaban J connectivity index is 1.00. The fourth-order valence-corrected chi connectivity index (χ4v) is 10.6. The van der Waals surface area contributed by atoms with Crippen LogP contribution in [0.25, 0.3) is 66.2 Å². The van der Waals surface area contributed by atoms with Gasteiger partial charge in [-0.1, -0.05) is 12.1 Å². The van der Waals surface area contributed by atoms with Crippen molar-refractivity contribution >= 4 is 55.9 Å². The van der Waals surface area contributed by atoms with E-state index >= 15 is 4.39 Å². The first-order valence-electron chi connectivity index (χ1n) is 22.3. The normalized spacial score (nSPS) is 13.2. The number of hydrogen-bond donors (Lipinski definition) is 8. The lowest BCUT2D eigenvalue weighted by atomic mass is 9.99. The number of aromatic carboxylic acids is 1. The number of hydrazine groups is 1. The Labute approximate surface area is 381 Å². The van der Waals surface area contributed by atoms with Crippen molar-refractivity contribution in [3.8, 4) is 33.5 Å². The van der Waals surface area contributed by atoms with Crippen LogP contribution in [0, 0.1) is 5.82 Å². The molecular formula is C52H46FN9O5. The summed E-state index contributed by atoms with van der Waals surface area (Å²) in [6.07, 6.45) is 7.16. The number of nitrogens with zero attached hydrogens (tertiary/aromatic N) is 3. The lowest BCUT2D eigenvalue weighted by Crippen LogP contribution is -2.18. The first kappa shape index (κ1) is 41.7. The molecule has 0 atom stereocenters. The van der Waals surface area contributed by atoms with Crippen LogP contribution in [0.2, 0.25) is 0 Å². The summed E-state index contributed by atoms with van der Waals surface area (Å²) in [6, 6.07) is 25.5. The molecule has 11 rings (SSSR count). The predicted octanol–water partition coefficient (Wildman–Crippen LogP) is 7.64. The second kappa shape index (κ2) is 16.2. The van der Waals surface area contributed by atoms with Crippen LogP contribution in [-0.2, 0) is 45.4 Å². The van der Waals surface area contributed by atoms with Crippen molar-refractivity contribution in [1.29, 1.82) is 0 Å². The average molecular weight is 896 g/mol. The molecule has 15 heteroatoms. The largest absolute Gasteiger partial charge is 0.477 e. The maximum absolute atomic E-state index is 15.6. The Bertz CT molecular complexity index is 3680. The number of aromatic amines is 2. The number of carbonyl (C=O) groups is 1. The average Bonchev–Trinajstić information content (AvgIpc) is 4.10. The molecule has 0 radical (unpaired) electrons. The molecule has 0 saturated carbocycles. The molecule has 0 bridgehead atoms. The third kappa shape index (κ3) is 6.93. The molecule has 0 amide bonds. The van der Waals surface area contributed by atoms with Crippen LogP contribution in [0.15, 0.2) is 101 Å². The van der Waals surface area contributed by atoms with Crippen molar-refractivity contribution in [3.05, 3.63) is 162 Å². The number of carboxylic acid groups (broad SMARTS) is 1. The zero-order valence-electron chi connectivity index (χ0n) is 36.5. The predicted molar refractivity (Wildman–Crippen MR) is 260 cm³/mol. The Hall–Kier alpha value is -8.01. The van der Waals surface area contributed by atoms with Gasteiger partial charge in [-0.2, -0.15) is 0 Å². The number of anilines is 3. The number of nitrogens with one attached hydrogen (secondary N) is 4. The number of aliphatic hydroxyl groups is 1. The van der Waals surface area contributed by atoms with Gasteiger partial charge in [0.25, 0.3) is 11.1 Å². The third-order valence-corrected chi connectivity index (χ3v) is 13.6. The van der Waals surface area contributed by atoms with E-state index in [4.69, 9.17) is 16.5 Å². The Morgan fingerprint density at radius 2 is 1.45 bits per heavy atom. The van der Waals surface area contributed by atoms with Crippen molar-refractivity contribution in [2.75, 3.05) is 23.9 Å². The maximum atomic E-state index is 15.6. The molecule has 2 aliphatic carbocycles. The number of aromatic nitrogens is 5. The molecule has 9 aromatic rings. The van der Waals surface area contributed by atoms with Crippen molar-refractivity contribution in [2.45, 2.75) is 58.2 Å². The van der Waals surface area contributed by atoms with E-state index in [0.29, 0.717) is 56.7 Å². The number of halogens is 1. The number of aryl methyl sites for hydroxylation is 4. The zero-order valence-corrected chi connectivity index (χ0v) is 36.5. The highest BCUT2D eigenvalue weighted by Crippen LogP contribution is 2.41. The van der Waals surface area contributed by atoms with Crippen LogP contribution in [0.1, 0.15) is 62.4 Å². The lowest BCUT2D eigenvalue weighted by Gasteiger charge is -2.15. The number of nitrogen functional groups attached to an aromatic ring is 2. The Morgan fingerprint density at radius 3 is 2.12 bits per heavy atom. The molecule has 0 unspecified atom stereocenters. The summed E-state index contributed by atoms with van der Waals surface area (Å²) in [5.41, 5.74) is 29.1. The van der Waals surface area contributed by atoms with Gasteiger partial charge in [-0.05, 0) is 139 Å². The van der Waals surface area contributed by atoms with Crippen molar-refractivity contribution in [2.24, 2.45) is 0 Å². The number of hydrogen-bond acceptors (Lipinski definition) is 9. The maximum Gasteiger partial charge on any atom is 0.353 e. The summed E-state index contributed by atoms with van der Waals surface area (Å²) < 4.78 is 19.2. The van der Waals surface area contributed by atoms with Crippen molar-refractivity contribution in [1.82, 2.24) is 29.5 Å². The number of benzene rings is 4. The summed E-state index contributed by atoms with van der Waals surface area (Å²) >= 11 is 0. The number of nitrogens with two attached hydrogens (primary N) is 2.